The van der Waals surface area contributed by atoms with Crippen molar-refractivity contribution >= 4 is 40.0 Å². The van der Waals surface area contributed by atoms with E-state index in [1.165, 1.54) is 23.1 Å². The molecule has 8 nitrogen and oxygen atoms in total. The topological polar surface area (TPSA) is 105 Å². The van der Waals surface area contributed by atoms with Crippen LogP contribution in [0, 0.1) is 5.92 Å². The van der Waals surface area contributed by atoms with Gasteiger partial charge in [-0.05, 0) is 59.4 Å². The van der Waals surface area contributed by atoms with Crippen LogP contribution in [0.3, 0.4) is 0 Å². The first kappa shape index (κ1) is 22.3. The summed E-state index contributed by atoms with van der Waals surface area (Å²) in [6.07, 6.45) is 2.67. The Balaban J connectivity index is 1.57. The van der Waals surface area contributed by atoms with Crippen LogP contribution in [-0.2, 0) is 22.4 Å². The summed E-state index contributed by atoms with van der Waals surface area (Å²) in [5, 5.41) is 5.61. The third kappa shape index (κ3) is 4.37. The van der Waals surface area contributed by atoms with Crippen molar-refractivity contribution in [3.63, 3.8) is 0 Å². The molecule has 2 N–H and O–H groups in total. The number of methoxy groups -OCH3 is 1. The summed E-state index contributed by atoms with van der Waals surface area (Å²) in [7, 11) is 1.34. The molecule has 0 fully saturated rings. The minimum atomic E-state index is -0.618. The van der Waals surface area contributed by atoms with E-state index in [1.807, 2.05) is 30.3 Å². The van der Waals surface area contributed by atoms with Gasteiger partial charge in [-0.2, -0.15) is 0 Å². The predicted molar refractivity (Wildman–Crippen MR) is 122 cm³/mol. The molecule has 0 aliphatic heterocycles. The lowest BCUT2D eigenvalue weighted by atomic mass is 9.88. The molecule has 10 heteroatoms. The molecule has 3 aromatic rings. The highest BCUT2D eigenvalue weighted by atomic mass is 32.2. The normalized spacial score (nSPS) is 16.3. The minimum absolute atomic E-state index is 0.256. The van der Waals surface area contributed by atoms with Crippen molar-refractivity contribution in [2.45, 2.75) is 43.4 Å². The Morgan fingerprint density at radius 1 is 1.34 bits per heavy atom. The van der Waals surface area contributed by atoms with Crippen molar-refractivity contribution in [3.05, 3.63) is 56.8 Å². The highest BCUT2D eigenvalue weighted by molar-refractivity contribution is 8.00. The van der Waals surface area contributed by atoms with Crippen LogP contribution in [0.5, 0.6) is 0 Å². The van der Waals surface area contributed by atoms with Crippen LogP contribution in [-0.4, -0.2) is 29.5 Å². The standard InChI is InChI=1S/C22H23N3O5S2/c1-12-9-10-15-16(11-12)32-19(17(15)21(27)29-3)23-18(26)13(2)31-20-22(28)30-24-25(20)14-7-5-4-6-8-14/h4-8,12-13H,9-11H2,1-3H3,(H-,23,24,26,27,28)/p+1. The molecule has 0 radical (unpaired) electrons. The fourth-order valence-electron chi connectivity index (χ4n) is 3.70. The van der Waals surface area contributed by atoms with Gasteiger partial charge < -0.3 is 10.1 Å². The number of amides is 1. The van der Waals surface area contributed by atoms with Crippen molar-refractivity contribution in [3.8, 4) is 5.69 Å². The lowest BCUT2D eigenvalue weighted by Gasteiger charge is -2.18. The second kappa shape index (κ2) is 9.33. The van der Waals surface area contributed by atoms with Gasteiger partial charge >= 0.3 is 16.6 Å². The molecule has 2 atom stereocenters. The molecule has 0 spiro atoms. The Kier molecular flexibility index (Phi) is 6.52. The van der Waals surface area contributed by atoms with E-state index < -0.39 is 16.8 Å². The molecule has 1 aromatic carbocycles. The van der Waals surface area contributed by atoms with Gasteiger partial charge in [-0.25, -0.2) is 9.59 Å². The van der Waals surface area contributed by atoms with Crippen LogP contribution in [0.25, 0.3) is 5.69 Å². The third-order valence-electron chi connectivity index (χ3n) is 5.42. The Bertz CT molecular complexity index is 1200. The molecule has 1 aliphatic carbocycles. The maximum absolute atomic E-state index is 13.0. The van der Waals surface area contributed by atoms with Crippen LogP contribution < -0.4 is 15.6 Å². The number of aromatic nitrogens is 2. The average Bonchev–Trinajstić information content (AvgIpc) is 3.33. The molecular weight excluding hydrogens is 450 g/mol. The van der Waals surface area contributed by atoms with Gasteiger partial charge in [0.25, 0.3) is 0 Å². The Labute approximate surface area is 192 Å². The number of thiophene rings is 1. The van der Waals surface area contributed by atoms with Gasteiger partial charge in [-0.3, -0.25) is 9.32 Å². The van der Waals surface area contributed by atoms with Gasteiger partial charge in [0.2, 0.25) is 11.6 Å². The number of anilines is 1. The van der Waals surface area contributed by atoms with Crippen LogP contribution in [0.15, 0.2) is 44.7 Å². The number of nitrogens with one attached hydrogen (secondary N) is 2. The van der Waals surface area contributed by atoms with E-state index in [4.69, 9.17) is 9.26 Å². The molecule has 168 valence electrons. The minimum Gasteiger partial charge on any atom is -0.465 e. The second-order valence-electron chi connectivity index (χ2n) is 7.75. The molecule has 0 bridgehead atoms. The SMILES string of the molecule is COC(=O)c1c(NC(=O)C(C)Sc2c(=O)o[nH][n+]2-c2ccccc2)sc2c1CCC(C)C2. The molecule has 1 amide bonds. The second-order valence-corrected chi connectivity index (χ2v) is 10.2. The summed E-state index contributed by atoms with van der Waals surface area (Å²) < 4.78 is 11.4. The number of ether oxygens (including phenoxy) is 1. The Morgan fingerprint density at radius 2 is 2.09 bits per heavy atom. The number of carbonyl (C=O) groups excluding carboxylic acids is 2. The zero-order valence-corrected chi connectivity index (χ0v) is 19.6. The summed E-state index contributed by atoms with van der Waals surface area (Å²) in [6.45, 7) is 3.89. The molecule has 0 saturated heterocycles. The van der Waals surface area contributed by atoms with Crippen molar-refractivity contribution < 1.29 is 23.5 Å². The van der Waals surface area contributed by atoms with Gasteiger partial charge in [0, 0.05) is 17.0 Å². The smallest absolute Gasteiger partial charge is 0.442 e. The first-order valence-electron chi connectivity index (χ1n) is 10.3. The number of hydrogen-bond donors (Lipinski definition) is 2. The van der Waals surface area contributed by atoms with Gasteiger partial charge in [0.15, 0.2) is 0 Å². The number of rotatable bonds is 6. The molecule has 2 heterocycles. The maximum Gasteiger partial charge on any atom is 0.442 e. The largest absolute Gasteiger partial charge is 0.465 e. The monoisotopic (exact) mass is 474 g/mol. The maximum atomic E-state index is 13.0. The van der Waals surface area contributed by atoms with E-state index >= 15 is 0 Å². The van der Waals surface area contributed by atoms with Crippen LogP contribution >= 0.6 is 23.1 Å². The van der Waals surface area contributed by atoms with E-state index in [0.29, 0.717) is 22.2 Å². The third-order valence-corrected chi connectivity index (χ3v) is 7.73. The lowest BCUT2D eigenvalue weighted by Crippen LogP contribution is -2.37. The summed E-state index contributed by atoms with van der Waals surface area (Å²) in [5.74, 6) is -0.223. The van der Waals surface area contributed by atoms with Gasteiger partial charge in [-0.1, -0.05) is 25.1 Å². The molecule has 4 rings (SSSR count). The van der Waals surface area contributed by atoms with Crippen LogP contribution in [0.1, 0.15) is 41.1 Å². The lowest BCUT2D eigenvalue weighted by molar-refractivity contribution is -0.704. The fourth-order valence-corrected chi connectivity index (χ4v) is 5.99. The van der Waals surface area contributed by atoms with E-state index in [1.54, 1.807) is 6.92 Å². The van der Waals surface area contributed by atoms with Crippen molar-refractivity contribution in [1.82, 2.24) is 5.27 Å². The first-order valence-corrected chi connectivity index (χ1v) is 12.0. The number of nitrogens with zero attached hydrogens (tertiary/aromatic N) is 1. The number of carbonyl (C=O) groups is 2. The van der Waals surface area contributed by atoms with Gasteiger partial charge in [0.05, 0.1) is 17.9 Å². The molecule has 32 heavy (non-hydrogen) atoms. The van der Waals surface area contributed by atoms with E-state index in [9.17, 15) is 14.4 Å². The molecule has 2 unspecified atom stereocenters. The fraction of sp³-hybridized carbons (Fsp3) is 0.364. The van der Waals surface area contributed by atoms with E-state index in [-0.39, 0.29) is 10.9 Å². The highest BCUT2D eigenvalue weighted by Gasteiger charge is 2.32. The molecule has 2 aromatic heterocycles. The van der Waals surface area contributed by atoms with Crippen molar-refractivity contribution in [2.24, 2.45) is 5.92 Å². The van der Waals surface area contributed by atoms with Crippen molar-refractivity contribution in [1.29, 1.82) is 0 Å². The molecular formula is C22H24N3O5S2+. The number of aromatic amines is 1. The quantitative estimate of drug-likeness (QED) is 0.323. The Hall–Kier alpha value is -2.85. The zero-order valence-electron chi connectivity index (χ0n) is 18.0. The summed E-state index contributed by atoms with van der Waals surface area (Å²) in [4.78, 5) is 38.8. The summed E-state index contributed by atoms with van der Waals surface area (Å²) in [6, 6.07) is 9.18. The number of thioether (sulfide) groups is 1. The number of benzene rings is 1. The molecule has 1 aliphatic rings. The molecule has 0 saturated carbocycles. The number of fused-ring (bicyclic) bond motifs is 1. The highest BCUT2D eigenvalue weighted by Crippen LogP contribution is 2.40. The number of H-pyrrole nitrogens is 1. The number of hydrogen-bond acceptors (Lipinski definition) is 7. The van der Waals surface area contributed by atoms with E-state index in [0.717, 1.165) is 41.5 Å². The van der Waals surface area contributed by atoms with E-state index in [2.05, 4.69) is 17.5 Å². The average molecular weight is 475 g/mol. The van der Waals surface area contributed by atoms with Crippen LogP contribution in [0.4, 0.5) is 5.00 Å². The van der Waals surface area contributed by atoms with Gasteiger partial charge in [0.1, 0.15) is 5.00 Å². The zero-order chi connectivity index (χ0) is 22.8. The number of esters is 1. The summed E-state index contributed by atoms with van der Waals surface area (Å²) >= 11 is 2.52. The number of para-hydroxylation sites is 1. The van der Waals surface area contributed by atoms with Crippen molar-refractivity contribution in [2.75, 3.05) is 12.4 Å². The predicted octanol–water partition coefficient (Wildman–Crippen LogP) is 3.34. The Morgan fingerprint density at radius 3 is 2.81 bits per heavy atom. The summed E-state index contributed by atoms with van der Waals surface area (Å²) in [5.41, 5.74) is 1.57. The first-order chi connectivity index (χ1) is 15.4. The van der Waals surface area contributed by atoms with Gasteiger partial charge in [-0.15, -0.1) is 11.3 Å². The van der Waals surface area contributed by atoms with Crippen LogP contribution in [0.2, 0.25) is 0 Å².